The minimum atomic E-state index is -0.192. The zero-order valence-corrected chi connectivity index (χ0v) is 18.5. The number of imidazole rings is 1. The van der Waals surface area contributed by atoms with Crippen LogP contribution in [0.4, 0.5) is 5.82 Å². The number of carbonyl (C=O) groups excluding carboxylic acids is 1. The molecule has 0 N–H and O–H groups in total. The SMILES string of the molecule is COc1ccc(-c2cnc(N3CCN(C(=O)c4cccc(=O)n4C)CC3)c3nccn23)cc1. The largest absolute Gasteiger partial charge is 0.497 e. The number of rotatable bonds is 4. The number of amides is 1. The predicted molar refractivity (Wildman–Crippen MR) is 125 cm³/mol. The maximum Gasteiger partial charge on any atom is 0.270 e. The molecule has 0 unspecified atom stereocenters. The first-order chi connectivity index (χ1) is 16.1. The van der Waals surface area contributed by atoms with Crippen LogP contribution < -0.4 is 15.2 Å². The van der Waals surface area contributed by atoms with Gasteiger partial charge < -0.3 is 19.1 Å². The number of fused-ring (bicyclic) bond motifs is 1. The molecule has 5 rings (SSSR count). The fourth-order valence-corrected chi connectivity index (χ4v) is 4.17. The van der Waals surface area contributed by atoms with Gasteiger partial charge in [-0.1, -0.05) is 6.07 Å². The smallest absolute Gasteiger partial charge is 0.270 e. The summed E-state index contributed by atoms with van der Waals surface area (Å²) >= 11 is 0. The van der Waals surface area contributed by atoms with Gasteiger partial charge in [-0.3, -0.25) is 14.0 Å². The Morgan fingerprint density at radius 3 is 2.48 bits per heavy atom. The van der Waals surface area contributed by atoms with Crippen LogP contribution in [-0.2, 0) is 7.05 Å². The molecule has 1 aliphatic rings. The van der Waals surface area contributed by atoms with E-state index in [9.17, 15) is 9.59 Å². The number of piperazine rings is 1. The van der Waals surface area contributed by atoms with E-state index in [1.165, 1.54) is 10.6 Å². The van der Waals surface area contributed by atoms with E-state index in [0.29, 0.717) is 31.9 Å². The van der Waals surface area contributed by atoms with E-state index in [-0.39, 0.29) is 11.5 Å². The second-order valence-electron chi connectivity index (χ2n) is 7.90. The number of aromatic nitrogens is 4. The maximum atomic E-state index is 12.9. The number of carbonyl (C=O) groups is 1. The van der Waals surface area contributed by atoms with Crippen LogP contribution in [0.5, 0.6) is 5.75 Å². The molecule has 3 aromatic heterocycles. The van der Waals surface area contributed by atoms with Gasteiger partial charge in [0, 0.05) is 57.3 Å². The Morgan fingerprint density at radius 1 is 1.00 bits per heavy atom. The Balaban J connectivity index is 1.37. The third-order valence-electron chi connectivity index (χ3n) is 6.07. The molecule has 9 heteroatoms. The number of anilines is 1. The summed E-state index contributed by atoms with van der Waals surface area (Å²) in [4.78, 5) is 38.0. The van der Waals surface area contributed by atoms with Crippen LogP contribution >= 0.6 is 0 Å². The van der Waals surface area contributed by atoms with Crippen LogP contribution in [-0.4, -0.2) is 63.0 Å². The Kier molecular flexibility index (Phi) is 5.29. The van der Waals surface area contributed by atoms with Crippen LogP contribution in [0.25, 0.3) is 16.9 Å². The van der Waals surface area contributed by atoms with E-state index in [1.807, 2.05) is 41.1 Å². The molecule has 0 spiro atoms. The first-order valence-corrected chi connectivity index (χ1v) is 10.7. The molecule has 1 aromatic carbocycles. The number of benzene rings is 1. The molecular weight excluding hydrogens is 420 g/mol. The van der Waals surface area contributed by atoms with Crippen molar-refractivity contribution in [1.29, 1.82) is 0 Å². The zero-order chi connectivity index (χ0) is 22.9. The van der Waals surface area contributed by atoms with Crippen molar-refractivity contribution in [3.8, 4) is 17.0 Å². The van der Waals surface area contributed by atoms with Crippen LogP contribution in [0.2, 0.25) is 0 Å². The van der Waals surface area contributed by atoms with Crippen LogP contribution in [0.3, 0.4) is 0 Å². The van der Waals surface area contributed by atoms with E-state index >= 15 is 0 Å². The van der Waals surface area contributed by atoms with Crippen molar-refractivity contribution in [3.05, 3.63) is 77.1 Å². The molecule has 9 nitrogen and oxygen atoms in total. The van der Waals surface area contributed by atoms with Gasteiger partial charge in [0.1, 0.15) is 11.4 Å². The molecule has 0 atom stereocenters. The summed E-state index contributed by atoms with van der Waals surface area (Å²) < 4.78 is 8.68. The molecule has 1 saturated heterocycles. The van der Waals surface area contributed by atoms with Gasteiger partial charge in [0.2, 0.25) is 0 Å². The Morgan fingerprint density at radius 2 is 1.76 bits per heavy atom. The standard InChI is InChI=1S/C24H24N6O3/c1-27-19(4-3-5-21(27)31)24(32)29-14-12-28(13-15-29)22-23-25-10-11-30(23)20(16-26-22)17-6-8-18(33-2)9-7-17/h3-11,16H,12-15H2,1-2H3. The molecular formula is C24H24N6O3. The number of methoxy groups -OCH3 is 1. The van der Waals surface area contributed by atoms with Gasteiger partial charge in [0.15, 0.2) is 11.5 Å². The topological polar surface area (TPSA) is 85.0 Å². The molecule has 0 saturated carbocycles. The number of hydrogen-bond donors (Lipinski definition) is 0. The second kappa shape index (κ2) is 8.42. The summed E-state index contributed by atoms with van der Waals surface area (Å²) in [6.07, 6.45) is 5.54. The Bertz CT molecular complexity index is 1370. The van der Waals surface area contributed by atoms with Gasteiger partial charge in [-0.25, -0.2) is 9.97 Å². The Labute approximate surface area is 190 Å². The van der Waals surface area contributed by atoms with Gasteiger partial charge >= 0.3 is 0 Å². The molecule has 4 aromatic rings. The summed E-state index contributed by atoms with van der Waals surface area (Å²) in [6.45, 7) is 2.33. The minimum absolute atomic E-state index is 0.136. The van der Waals surface area contributed by atoms with Crippen LogP contribution in [0.1, 0.15) is 10.5 Å². The zero-order valence-electron chi connectivity index (χ0n) is 18.5. The van der Waals surface area contributed by atoms with E-state index < -0.39 is 0 Å². The van der Waals surface area contributed by atoms with E-state index in [2.05, 4.69) is 9.88 Å². The highest BCUT2D eigenvalue weighted by Crippen LogP contribution is 2.27. The maximum absolute atomic E-state index is 12.9. The lowest BCUT2D eigenvalue weighted by molar-refractivity contribution is 0.0735. The first kappa shape index (κ1) is 20.7. The van der Waals surface area contributed by atoms with Gasteiger partial charge in [0.05, 0.1) is 19.0 Å². The van der Waals surface area contributed by atoms with Crippen LogP contribution in [0, 0.1) is 0 Å². The number of hydrogen-bond acceptors (Lipinski definition) is 6. The quantitative estimate of drug-likeness (QED) is 0.479. The molecule has 1 fully saturated rings. The molecule has 0 bridgehead atoms. The fourth-order valence-electron chi connectivity index (χ4n) is 4.17. The molecule has 0 radical (unpaired) electrons. The second-order valence-corrected chi connectivity index (χ2v) is 7.90. The highest BCUT2D eigenvalue weighted by Gasteiger charge is 2.26. The predicted octanol–water partition coefficient (Wildman–Crippen LogP) is 2.07. The van der Waals surface area contributed by atoms with Gasteiger partial charge in [0.25, 0.3) is 11.5 Å². The van der Waals surface area contributed by atoms with Gasteiger partial charge in [-0.05, 0) is 30.3 Å². The van der Waals surface area contributed by atoms with Crippen molar-refractivity contribution >= 4 is 17.4 Å². The number of pyridine rings is 1. The van der Waals surface area contributed by atoms with Crippen molar-refractivity contribution in [1.82, 2.24) is 23.8 Å². The monoisotopic (exact) mass is 444 g/mol. The Hall–Kier alpha value is -4.14. The molecule has 1 aliphatic heterocycles. The van der Waals surface area contributed by atoms with Crippen molar-refractivity contribution in [3.63, 3.8) is 0 Å². The highest BCUT2D eigenvalue weighted by molar-refractivity contribution is 5.92. The third kappa shape index (κ3) is 3.71. The molecule has 4 heterocycles. The summed E-state index contributed by atoms with van der Waals surface area (Å²) in [5, 5.41) is 0. The lowest BCUT2D eigenvalue weighted by Gasteiger charge is -2.35. The highest BCUT2D eigenvalue weighted by atomic mass is 16.5. The lowest BCUT2D eigenvalue weighted by Crippen LogP contribution is -2.49. The fraction of sp³-hybridized carbons (Fsp3) is 0.250. The average Bonchev–Trinajstić information content (AvgIpc) is 3.35. The number of ether oxygens (including phenoxy) is 1. The van der Waals surface area contributed by atoms with Gasteiger partial charge in [-0.15, -0.1) is 0 Å². The van der Waals surface area contributed by atoms with Crippen LogP contribution in [0.15, 0.2) is 65.8 Å². The summed E-state index contributed by atoms with van der Waals surface area (Å²) in [5.41, 5.74) is 2.93. The molecule has 1 amide bonds. The van der Waals surface area contributed by atoms with Crippen molar-refractivity contribution in [2.24, 2.45) is 7.05 Å². The first-order valence-electron chi connectivity index (χ1n) is 10.7. The average molecular weight is 444 g/mol. The lowest BCUT2D eigenvalue weighted by atomic mass is 10.1. The van der Waals surface area contributed by atoms with Gasteiger partial charge in [-0.2, -0.15) is 0 Å². The minimum Gasteiger partial charge on any atom is -0.497 e. The van der Waals surface area contributed by atoms with E-state index in [1.54, 1.807) is 37.4 Å². The third-order valence-corrected chi connectivity index (χ3v) is 6.07. The molecule has 33 heavy (non-hydrogen) atoms. The van der Waals surface area contributed by atoms with Crippen molar-refractivity contribution < 1.29 is 9.53 Å². The molecule has 168 valence electrons. The summed E-state index contributed by atoms with van der Waals surface area (Å²) in [5.74, 6) is 1.45. The van der Waals surface area contributed by atoms with E-state index in [4.69, 9.17) is 9.72 Å². The van der Waals surface area contributed by atoms with Crippen molar-refractivity contribution in [2.45, 2.75) is 0 Å². The number of nitrogens with zero attached hydrogens (tertiary/aromatic N) is 6. The van der Waals surface area contributed by atoms with E-state index in [0.717, 1.165) is 28.5 Å². The summed E-state index contributed by atoms with van der Waals surface area (Å²) in [6, 6.07) is 12.6. The summed E-state index contributed by atoms with van der Waals surface area (Å²) in [7, 11) is 3.27. The van der Waals surface area contributed by atoms with Crippen molar-refractivity contribution in [2.75, 3.05) is 38.2 Å². The molecule has 0 aliphatic carbocycles. The normalized spacial score (nSPS) is 14.0.